The summed E-state index contributed by atoms with van der Waals surface area (Å²) in [6, 6.07) is 1.58. The summed E-state index contributed by atoms with van der Waals surface area (Å²) in [6.45, 7) is 5.18. The lowest BCUT2D eigenvalue weighted by Gasteiger charge is -2.11. The number of hydrogen-bond acceptors (Lipinski definition) is 5. The third kappa shape index (κ3) is 2.72. The number of anilines is 2. The molecule has 5 nitrogen and oxygen atoms in total. The van der Waals surface area contributed by atoms with Gasteiger partial charge in [0, 0.05) is 12.7 Å². The van der Waals surface area contributed by atoms with Crippen LogP contribution in [0.2, 0.25) is 0 Å². The van der Waals surface area contributed by atoms with Crippen molar-refractivity contribution in [2.45, 2.75) is 20.3 Å². The zero-order valence-electron chi connectivity index (χ0n) is 10.8. The predicted molar refractivity (Wildman–Crippen MR) is 70.4 cm³/mol. The summed E-state index contributed by atoms with van der Waals surface area (Å²) in [5, 5.41) is 3.20. The molecule has 1 saturated carbocycles. The number of nitrogens with one attached hydrogen (secondary N) is 1. The summed E-state index contributed by atoms with van der Waals surface area (Å²) < 4.78 is 4.94. The molecule has 0 amide bonds. The van der Waals surface area contributed by atoms with E-state index >= 15 is 0 Å². The van der Waals surface area contributed by atoms with Crippen LogP contribution >= 0.6 is 0 Å². The molecule has 0 aliphatic heterocycles. The van der Waals surface area contributed by atoms with Crippen LogP contribution in [0.1, 0.15) is 30.6 Å². The maximum Gasteiger partial charge on any atom is 0.340 e. The van der Waals surface area contributed by atoms with Gasteiger partial charge in [-0.05, 0) is 31.2 Å². The van der Waals surface area contributed by atoms with Crippen molar-refractivity contribution in [3.05, 3.63) is 17.8 Å². The second-order valence-electron chi connectivity index (χ2n) is 4.70. The number of rotatable bonds is 5. The average Bonchev–Trinajstić information content (AvgIpc) is 3.04. The molecule has 18 heavy (non-hydrogen) atoms. The van der Waals surface area contributed by atoms with Crippen molar-refractivity contribution in [1.29, 1.82) is 0 Å². The Labute approximate surface area is 107 Å². The van der Waals surface area contributed by atoms with E-state index < -0.39 is 5.97 Å². The molecular weight excluding hydrogens is 230 g/mol. The van der Waals surface area contributed by atoms with Gasteiger partial charge in [-0.1, -0.05) is 6.92 Å². The second kappa shape index (κ2) is 5.25. The van der Waals surface area contributed by atoms with Gasteiger partial charge in [-0.25, -0.2) is 9.78 Å². The number of ether oxygens (including phenoxy) is 1. The Kier molecular flexibility index (Phi) is 3.69. The first kappa shape index (κ1) is 12.7. The molecule has 3 N–H and O–H groups in total. The number of carbonyl (C=O) groups is 1. The largest absolute Gasteiger partial charge is 0.462 e. The van der Waals surface area contributed by atoms with Crippen molar-refractivity contribution in [3.8, 4) is 0 Å². The standard InChI is InChI=1S/C13H19N3O2/c1-3-18-13(17)10-4-5-15-12(11(10)14)16-7-9-6-8(9)2/h4-5,8-9H,3,6-7,14H2,1-2H3,(H,15,16). The van der Waals surface area contributed by atoms with E-state index in [2.05, 4.69) is 17.2 Å². The van der Waals surface area contributed by atoms with Gasteiger partial charge in [0.15, 0.2) is 0 Å². The fourth-order valence-electron chi connectivity index (χ4n) is 1.91. The summed E-state index contributed by atoms with van der Waals surface area (Å²) >= 11 is 0. The summed E-state index contributed by atoms with van der Waals surface area (Å²) in [4.78, 5) is 15.8. The molecule has 2 rings (SSSR count). The highest BCUT2D eigenvalue weighted by Gasteiger charge is 2.32. The minimum atomic E-state index is -0.403. The Balaban J connectivity index is 2.06. The first-order valence-electron chi connectivity index (χ1n) is 6.29. The zero-order chi connectivity index (χ0) is 13.1. The zero-order valence-corrected chi connectivity index (χ0v) is 10.8. The molecule has 2 atom stereocenters. The van der Waals surface area contributed by atoms with Gasteiger partial charge >= 0.3 is 5.97 Å². The monoisotopic (exact) mass is 249 g/mol. The van der Waals surface area contributed by atoms with Crippen molar-refractivity contribution >= 4 is 17.5 Å². The van der Waals surface area contributed by atoms with Crippen LogP contribution in [-0.4, -0.2) is 24.1 Å². The summed E-state index contributed by atoms with van der Waals surface area (Å²) in [6.07, 6.45) is 2.81. The van der Waals surface area contributed by atoms with E-state index in [0.29, 0.717) is 29.6 Å². The third-order valence-electron chi connectivity index (χ3n) is 3.29. The van der Waals surface area contributed by atoms with E-state index in [1.54, 1.807) is 19.2 Å². The van der Waals surface area contributed by atoms with Crippen LogP contribution in [0.3, 0.4) is 0 Å². The highest BCUT2D eigenvalue weighted by atomic mass is 16.5. The molecule has 2 unspecified atom stereocenters. The predicted octanol–water partition coefficient (Wildman–Crippen LogP) is 1.91. The van der Waals surface area contributed by atoms with Crippen molar-refractivity contribution in [2.75, 3.05) is 24.2 Å². The van der Waals surface area contributed by atoms with Crippen LogP contribution in [0.25, 0.3) is 0 Å². The number of nitrogen functional groups attached to an aromatic ring is 1. The first-order chi connectivity index (χ1) is 8.63. The molecule has 0 bridgehead atoms. The molecule has 1 fully saturated rings. The highest BCUT2D eigenvalue weighted by Crippen LogP contribution is 2.37. The maximum absolute atomic E-state index is 11.7. The fourth-order valence-corrected chi connectivity index (χ4v) is 1.91. The second-order valence-corrected chi connectivity index (χ2v) is 4.70. The van der Waals surface area contributed by atoms with Crippen molar-refractivity contribution in [3.63, 3.8) is 0 Å². The van der Waals surface area contributed by atoms with E-state index in [1.165, 1.54) is 6.42 Å². The van der Waals surface area contributed by atoms with E-state index in [9.17, 15) is 4.79 Å². The van der Waals surface area contributed by atoms with Gasteiger partial charge < -0.3 is 15.8 Å². The van der Waals surface area contributed by atoms with E-state index in [4.69, 9.17) is 10.5 Å². The van der Waals surface area contributed by atoms with Crippen LogP contribution in [0.15, 0.2) is 12.3 Å². The Morgan fingerprint density at radius 3 is 3.00 bits per heavy atom. The molecule has 0 aromatic carbocycles. The number of nitrogens with two attached hydrogens (primary N) is 1. The van der Waals surface area contributed by atoms with Crippen LogP contribution in [0.5, 0.6) is 0 Å². The minimum Gasteiger partial charge on any atom is -0.462 e. The van der Waals surface area contributed by atoms with Gasteiger partial charge in [-0.15, -0.1) is 0 Å². The molecule has 1 aromatic heterocycles. The van der Waals surface area contributed by atoms with Gasteiger partial charge in [0.1, 0.15) is 5.82 Å². The van der Waals surface area contributed by atoms with Crippen LogP contribution in [-0.2, 0) is 4.74 Å². The smallest absolute Gasteiger partial charge is 0.340 e. The Morgan fingerprint density at radius 1 is 1.67 bits per heavy atom. The van der Waals surface area contributed by atoms with Gasteiger partial charge in [0.2, 0.25) is 0 Å². The van der Waals surface area contributed by atoms with E-state index in [1.807, 2.05) is 0 Å². The number of esters is 1. The number of hydrogen-bond donors (Lipinski definition) is 2. The summed E-state index contributed by atoms with van der Waals surface area (Å²) in [5.74, 6) is 1.63. The molecule has 5 heteroatoms. The van der Waals surface area contributed by atoms with Gasteiger partial charge in [0.25, 0.3) is 0 Å². The average molecular weight is 249 g/mol. The number of nitrogens with zero attached hydrogens (tertiary/aromatic N) is 1. The van der Waals surface area contributed by atoms with Gasteiger partial charge in [-0.2, -0.15) is 0 Å². The van der Waals surface area contributed by atoms with Crippen LogP contribution < -0.4 is 11.1 Å². The molecular formula is C13H19N3O2. The fraction of sp³-hybridized carbons (Fsp3) is 0.538. The van der Waals surface area contributed by atoms with Crippen LogP contribution in [0.4, 0.5) is 11.5 Å². The quantitative estimate of drug-likeness (QED) is 0.779. The SMILES string of the molecule is CCOC(=O)c1ccnc(NCC2CC2C)c1N. The lowest BCUT2D eigenvalue weighted by atomic mass is 10.2. The molecule has 1 aliphatic carbocycles. The Bertz CT molecular complexity index is 448. The van der Waals surface area contributed by atoms with Crippen molar-refractivity contribution in [1.82, 2.24) is 4.98 Å². The normalized spacial score (nSPS) is 21.4. The molecule has 0 radical (unpaired) electrons. The lowest BCUT2D eigenvalue weighted by molar-refractivity contribution is 0.0527. The summed E-state index contributed by atoms with van der Waals surface area (Å²) in [5.41, 5.74) is 6.67. The third-order valence-corrected chi connectivity index (χ3v) is 3.29. The molecule has 0 spiro atoms. The number of aromatic nitrogens is 1. The Morgan fingerprint density at radius 2 is 2.39 bits per heavy atom. The summed E-state index contributed by atoms with van der Waals surface area (Å²) in [7, 11) is 0. The topological polar surface area (TPSA) is 77.2 Å². The van der Waals surface area contributed by atoms with Gasteiger partial charge in [-0.3, -0.25) is 0 Å². The Hall–Kier alpha value is -1.78. The van der Waals surface area contributed by atoms with Crippen molar-refractivity contribution in [2.24, 2.45) is 11.8 Å². The molecule has 1 aromatic rings. The van der Waals surface area contributed by atoms with E-state index in [-0.39, 0.29) is 0 Å². The van der Waals surface area contributed by atoms with E-state index in [0.717, 1.165) is 12.5 Å². The maximum atomic E-state index is 11.7. The minimum absolute atomic E-state index is 0.336. The molecule has 1 aliphatic rings. The first-order valence-corrected chi connectivity index (χ1v) is 6.29. The van der Waals surface area contributed by atoms with Gasteiger partial charge in [0.05, 0.1) is 17.9 Å². The molecule has 1 heterocycles. The number of carbonyl (C=O) groups excluding carboxylic acids is 1. The molecule has 98 valence electrons. The lowest BCUT2D eigenvalue weighted by Crippen LogP contribution is -2.13. The van der Waals surface area contributed by atoms with Crippen LogP contribution in [0, 0.1) is 11.8 Å². The highest BCUT2D eigenvalue weighted by molar-refractivity contribution is 5.97. The number of pyridine rings is 1. The molecule has 0 saturated heterocycles. The van der Waals surface area contributed by atoms with Crippen molar-refractivity contribution < 1.29 is 9.53 Å².